The normalized spacial score (nSPS) is 12.2. The molecule has 3 rings (SSSR count). The minimum atomic E-state index is -4.15. The van der Waals surface area contributed by atoms with Crippen LogP contribution in [0.15, 0.2) is 76.1 Å². The first-order chi connectivity index (χ1) is 18.8. The highest BCUT2D eigenvalue weighted by Gasteiger charge is 2.32. The molecule has 0 radical (unpaired) electrons. The number of nitrogens with zero attached hydrogens (tertiary/aromatic N) is 2. The number of hydrogen-bond donors (Lipinski definition) is 1. The van der Waals surface area contributed by atoms with E-state index in [0.29, 0.717) is 17.3 Å². The number of rotatable bonds is 11. The fraction of sp³-hybridized carbons (Fsp3) is 0.333. The van der Waals surface area contributed by atoms with Gasteiger partial charge >= 0.3 is 0 Å². The standard InChI is InChI=1S/C30H35BrClN3O4S/c1-20(2)17-33-30(37)23(5)34(18-24-7-9-25(31)10-8-24)29(36)19-35(27-13-6-21(3)22(4)16-27)40(38,39)28-14-11-26(32)12-15-28/h6-16,20,23H,17-19H2,1-5H3,(H,33,37)/t23-/m0/s1. The molecule has 1 N–H and O–H groups in total. The van der Waals surface area contributed by atoms with Crippen LogP contribution in [-0.2, 0) is 26.2 Å². The Morgan fingerprint density at radius 2 is 1.55 bits per heavy atom. The molecule has 0 saturated heterocycles. The summed E-state index contributed by atoms with van der Waals surface area (Å²) in [5.74, 6) is -0.583. The van der Waals surface area contributed by atoms with Gasteiger partial charge < -0.3 is 10.2 Å². The zero-order valence-corrected chi connectivity index (χ0v) is 26.5. The molecular weight excluding hydrogens is 614 g/mol. The summed E-state index contributed by atoms with van der Waals surface area (Å²) >= 11 is 9.43. The number of carbonyl (C=O) groups is 2. The molecule has 0 fully saturated rings. The lowest BCUT2D eigenvalue weighted by Crippen LogP contribution is -2.51. The Kier molecular flexibility index (Phi) is 10.8. The third-order valence-electron chi connectivity index (χ3n) is 6.58. The van der Waals surface area contributed by atoms with Crippen molar-refractivity contribution in [3.05, 3.63) is 92.9 Å². The molecule has 0 heterocycles. The lowest BCUT2D eigenvalue weighted by atomic mass is 10.1. The van der Waals surface area contributed by atoms with E-state index < -0.39 is 28.5 Å². The molecule has 2 amide bonds. The van der Waals surface area contributed by atoms with Crippen LogP contribution in [0, 0.1) is 19.8 Å². The van der Waals surface area contributed by atoms with Gasteiger partial charge in [-0.05, 0) is 91.9 Å². The summed E-state index contributed by atoms with van der Waals surface area (Å²) in [5, 5.41) is 3.29. The predicted octanol–water partition coefficient (Wildman–Crippen LogP) is 6.10. The van der Waals surface area contributed by atoms with Crippen molar-refractivity contribution in [1.29, 1.82) is 0 Å². The fourth-order valence-corrected chi connectivity index (χ4v) is 5.76. The highest BCUT2D eigenvalue weighted by molar-refractivity contribution is 9.10. The van der Waals surface area contributed by atoms with Crippen molar-refractivity contribution in [2.75, 3.05) is 17.4 Å². The van der Waals surface area contributed by atoms with Crippen molar-refractivity contribution in [3.8, 4) is 0 Å². The van der Waals surface area contributed by atoms with Crippen LogP contribution in [0.5, 0.6) is 0 Å². The minimum Gasteiger partial charge on any atom is -0.354 e. The smallest absolute Gasteiger partial charge is 0.264 e. The van der Waals surface area contributed by atoms with Crippen LogP contribution in [0.1, 0.15) is 37.5 Å². The predicted molar refractivity (Wildman–Crippen MR) is 164 cm³/mol. The average molecular weight is 649 g/mol. The van der Waals surface area contributed by atoms with E-state index in [1.165, 1.54) is 29.2 Å². The summed E-state index contributed by atoms with van der Waals surface area (Å²) in [6.45, 7) is 9.53. The van der Waals surface area contributed by atoms with Gasteiger partial charge in [0, 0.05) is 22.6 Å². The molecule has 0 spiro atoms. The second-order valence-corrected chi connectivity index (χ2v) is 13.4. The summed E-state index contributed by atoms with van der Waals surface area (Å²) < 4.78 is 29.8. The van der Waals surface area contributed by atoms with E-state index in [-0.39, 0.29) is 23.3 Å². The van der Waals surface area contributed by atoms with Crippen LogP contribution in [-0.4, -0.2) is 44.3 Å². The fourth-order valence-electron chi connectivity index (χ4n) is 3.96. The van der Waals surface area contributed by atoms with E-state index in [9.17, 15) is 18.0 Å². The second kappa shape index (κ2) is 13.7. The van der Waals surface area contributed by atoms with E-state index in [4.69, 9.17) is 11.6 Å². The first-order valence-corrected chi connectivity index (χ1v) is 15.6. The molecule has 40 heavy (non-hydrogen) atoms. The second-order valence-electron chi connectivity index (χ2n) is 10.2. The van der Waals surface area contributed by atoms with Gasteiger partial charge in [-0.3, -0.25) is 13.9 Å². The van der Waals surface area contributed by atoms with Crippen LogP contribution < -0.4 is 9.62 Å². The van der Waals surface area contributed by atoms with Crippen molar-refractivity contribution in [2.24, 2.45) is 5.92 Å². The average Bonchev–Trinajstić information content (AvgIpc) is 2.91. The molecule has 0 aliphatic carbocycles. The summed E-state index contributed by atoms with van der Waals surface area (Å²) in [4.78, 5) is 28.5. The molecule has 3 aromatic rings. The first kappa shape index (κ1) is 31.6. The molecular formula is C30H35BrClN3O4S. The first-order valence-electron chi connectivity index (χ1n) is 13.0. The molecule has 10 heteroatoms. The summed E-state index contributed by atoms with van der Waals surface area (Å²) in [6.07, 6.45) is 0. The lowest BCUT2D eigenvalue weighted by molar-refractivity contribution is -0.139. The van der Waals surface area contributed by atoms with E-state index in [0.717, 1.165) is 25.5 Å². The van der Waals surface area contributed by atoms with Gasteiger partial charge in [-0.15, -0.1) is 0 Å². The number of anilines is 1. The van der Waals surface area contributed by atoms with Crippen molar-refractivity contribution < 1.29 is 18.0 Å². The topological polar surface area (TPSA) is 86.8 Å². The van der Waals surface area contributed by atoms with Crippen LogP contribution >= 0.6 is 27.5 Å². The number of benzene rings is 3. The zero-order valence-electron chi connectivity index (χ0n) is 23.3. The van der Waals surface area contributed by atoms with Gasteiger partial charge in [0.2, 0.25) is 11.8 Å². The molecule has 0 saturated carbocycles. The number of carbonyl (C=O) groups excluding carboxylic acids is 2. The number of amides is 2. The van der Waals surface area contributed by atoms with Gasteiger partial charge in [0.05, 0.1) is 10.6 Å². The molecule has 214 valence electrons. The maximum absolute atomic E-state index is 14.0. The zero-order chi connectivity index (χ0) is 29.6. The molecule has 0 aromatic heterocycles. The molecule has 0 unspecified atom stereocenters. The summed E-state index contributed by atoms with van der Waals surface area (Å²) in [7, 11) is -4.15. The third-order valence-corrected chi connectivity index (χ3v) is 9.15. The highest BCUT2D eigenvalue weighted by atomic mass is 79.9. The molecule has 7 nitrogen and oxygen atoms in total. The Balaban J connectivity index is 2.03. The summed E-state index contributed by atoms with van der Waals surface area (Å²) in [6, 6.07) is 17.7. The maximum Gasteiger partial charge on any atom is 0.264 e. The largest absolute Gasteiger partial charge is 0.354 e. The number of nitrogens with one attached hydrogen (secondary N) is 1. The van der Waals surface area contributed by atoms with Crippen LogP contribution in [0.4, 0.5) is 5.69 Å². The number of aryl methyl sites for hydroxylation is 2. The molecule has 1 atom stereocenters. The Labute approximate surface area is 250 Å². The third kappa shape index (κ3) is 8.08. The van der Waals surface area contributed by atoms with Crippen molar-refractivity contribution in [3.63, 3.8) is 0 Å². The molecule has 3 aromatic carbocycles. The van der Waals surface area contributed by atoms with Crippen molar-refractivity contribution in [2.45, 2.75) is 52.1 Å². The Morgan fingerprint density at radius 1 is 0.925 bits per heavy atom. The van der Waals surface area contributed by atoms with E-state index in [1.54, 1.807) is 19.1 Å². The van der Waals surface area contributed by atoms with Gasteiger partial charge in [0.1, 0.15) is 12.6 Å². The lowest BCUT2D eigenvalue weighted by Gasteiger charge is -2.32. The quantitative estimate of drug-likeness (QED) is 0.272. The molecule has 0 bridgehead atoms. The van der Waals surface area contributed by atoms with Crippen LogP contribution in [0.2, 0.25) is 5.02 Å². The Morgan fingerprint density at radius 3 is 2.12 bits per heavy atom. The van der Waals surface area contributed by atoms with E-state index in [1.807, 2.05) is 58.0 Å². The van der Waals surface area contributed by atoms with Gasteiger partial charge in [0.15, 0.2) is 0 Å². The number of hydrogen-bond acceptors (Lipinski definition) is 4. The minimum absolute atomic E-state index is 0.00473. The molecule has 0 aliphatic heterocycles. The van der Waals surface area contributed by atoms with Crippen molar-refractivity contribution >= 4 is 55.1 Å². The van der Waals surface area contributed by atoms with Crippen LogP contribution in [0.3, 0.4) is 0 Å². The van der Waals surface area contributed by atoms with Gasteiger partial charge in [0.25, 0.3) is 10.0 Å². The maximum atomic E-state index is 14.0. The van der Waals surface area contributed by atoms with Crippen LogP contribution in [0.25, 0.3) is 0 Å². The van der Waals surface area contributed by atoms with Gasteiger partial charge in [-0.25, -0.2) is 8.42 Å². The number of halogens is 2. The van der Waals surface area contributed by atoms with Crippen molar-refractivity contribution in [1.82, 2.24) is 10.2 Å². The monoisotopic (exact) mass is 647 g/mol. The molecule has 0 aliphatic rings. The highest BCUT2D eigenvalue weighted by Crippen LogP contribution is 2.27. The van der Waals surface area contributed by atoms with E-state index >= 15 is 0 Å². The number of sulfonamides is 1. The summed E-state index contributed by atoms with van der Waals surface area (Å²) in [5.41, 5.74) is 3.03. The Hall–Kier alpha value is -2.88. The SMILES string of the molecule is Cc1ccc(N(CC(=O)N(Cc2ccc(Br)cc2)[C@@H](C)C(=O)NCC(C)C)S(=O)(=O)c2ccc(Cl)cc2)cc1C. The Bertz CT molecular complexity index is 1440. The van der Waals surface area contributed by atoms with E-state index in [2.05, 4.69) is 21.2 Å². The van der Waals surface area contributed by atoms with Gasteiger partial charge in [-0.1, -0.05) is 59.6 Å². The van der Waals surface area contributed by atoms with Gasteiger partial charge in [-0.2, -0.15) is 0 Å².